The monoisotopic (exact) mass is 326 g/mol. The average Bonchev–Trinajstić information content (AvgIpc) is 2.48. The molecule has 2 rings (SSSR count). The molecule has 22 heavy (non-hydrogen) atoms. The van der Waals surface area contributed by atoms with Gasteiger partial charge in [0.15, 0.2) is 9.84 Å². The van der Waals surface area contributed by atoms with Crippen LogP contribution in [0.25, 0.3) is 0 Å². The lowest BCUT2D eigenvalue weighted by Crippen LogP contribution is -2.44. The minimum atomic E-state index is -3.19. The molecule has 1 aliphatic heterocycles. The van der Waals surface area contributed by atoms with Gasteiger partial charge in [-0.05, 0) is 17.7 Å². The molecule has 1 heterocycles. The molecule has 122 valence electrons. The van der Waals surface area contributed by atoms with Crippen molar-refractivity contribution < 1.29 is 17.9 Å². The number of hydrogen-bond acceptors (Lipinski definition) is 5. The highest BCUT2D eigenvalue weighted by atomic mass is 32.2. The Bertz CT molecular complexity index is 607. The van der Waals surface area contributed by atoms with Gasteiger partial charge in [0.1, 0.15) is 0 Å². The molecule has 1 N–H and O–H groups in total. The van der Waals surface area contributed by atoms with E-state index >= 15 is 0 Å². The third-order valence-corrected chi connectivity index (χ3v) is 4.74. The van der Waals surface area contributed by atoms with E-state index in [-0.39, 0.29) is 16.8 Å². The SMILES string of the molecule is CN(Cc1ccc(S(C)(=O)=O)cc1)C(=O)CC1COCCN1. The summed E-state index contributed by atoms with van der Waals surface area (Å²) in [6.07, 6.45) is 1.58. The number of sulfone groups is 1. The number of ether oxygens (including phenoxy) is 1. The molecule has 0 aromatic heterocycles. The fraction of sp³-hybridized carbons (Fsp3) is 0.533. The van der Waals surface area contributed by atoms with Crippen LogP contribution in [-0.4, -0.2) is 58.3 Å². The van der Waals surface area contributed by atoms with Gasteiger partial charge >= 0.3 is 0 Å². The number of nitrogens with one attached hydrogen (secondary N) is 1. The first-order valence-corrected chi connectivity index (χ1v) is 9.09. The number of carbonyl (C=O) groups excluding carboxylic acids is 1. The van der Waals surface area contributed by atoms with E-state index in [9.17, 15) is 13.2 Å². The molecule has 0 saturated carbocycles. The summed E-state index contributed by atoms with van der Waals surface area (Å²) in [4.78, 5) is 14.1. The summed E-state index contributed by atoms with van der Waals surface area (Å²) in [7, 11) is -1.44. The molecule has 1 atom stereocenters. The second-order valence-corrected chi connectivity index (χ2v) is 7.61. The largest absolute Gasteiger partial charge is 0.378 e. The predicted molar refractivity (Wildman–Crippen MR) is 83.3 cm³/mol. The minimum absolute atomic E-state index is 0.0372. The van der Waals surface area contributed by atoms with Crippen LogP contribution in [0.2, 0.25) is 0 Å². The number of benzene rings is 1. The smallest absolute Gasteiger partial charge is 0.224 e. The standard InChI is InChI=1S/C15H22N2O4S/c1-17(15(18)9-13-11-21-8-7-16-13)10-12-3-5-14(6-4-12)22(2,19)20/h3-6,13,16H,7-11H2,1-2H3. The number of amides is 1. The van der Waals surface area contributed by atoms with E-state index in [2.05, 4.69) is 5.32 Å². The van der Waals surface area contributed by atoms with Crippen molar-refractivity contribution in [2.75, 3.05) is 33.1 Å². The van der Waals surface area contributed by atoms with Gasteiger partial charge in [0.2, 0.25) is 5.91 Å². The summed E-state index contributed by atoms with van der Waals surface area (Å²) in [5.74, 6) is 0.0372. The van der Waals surface area contributed by atoms with Crippen LogP contribution in [0, 0.1) is 0 Å². The fourth-order valence-corrected chi connectivity index (χ4v) is 2.95. The topological polar surface area (TPSA) is 75.7 Å². The summed E-state index contributed by atoms with van der Waals surface area (Å²) in [6, 6.07) is 6.68. The van der Waals surface area contributed by atoms with E-state index in [1.165, 1.54) is 6.26 Å². The van der Waals surface area contributed by atoms with Gasteiger partial charge in [-0.25, -0.2) is 8.42 Å². The molecule has 0 radical (unpaired) electrons. The van der Waals surface area contributed by atoms with Crippen molar-refractivity contribution in [2.45, 2.75) is 23.9 Å². The predicted octanol–water partition coefficient (Wildman–Crippen LogP) is 0.427. The highest BCUT2D eigenvalue weighted by Crippen LogP contribution is 2.12. The van der Waals surface area contributed by atoms with Gasteiger partial charge in [-0.2, -0.15) is 0 Å². The molecule has 0 spiro atoms. The molecule has 1 amide bonds. The second-order valence-electron chi connectivity index (χ2n) is 5.60. The van der Waals surface area contributed by atoms with E-state index in [4.69, 9.17) is 4.74 Å². The van der Waals surface area contributed by atoms with Crippen molar-refractivity contribution in [1.82, 2.24) is 10.2 Å². The second kappa shape index (κ2) is 7.21. The molecule has 1 fully saturated rings. The van der Waals surface area contributed by atoms with Gasteiger partial charge in [0.05, 0.1) is 18.1 Å². The Morgan fingerprint density at radius 3 is 2.59 bits per heavy atom. The van der Waals surface area contributed by atoms with Crippen LogP contribution in [0.5, 0.6) is 0 Å². The highest BCUT2D eigenvalue weighted by Gasteiger charge is 2.19. The third kappa shape index (κ3) is 4.79. The first kappa shape index (κ1) is 16.9. The Labute approximate surface area is 131 Å². The lowest BCUT2D eigenvalue weighted by atomic mass is 10.1. The summed E-state index contributed by atoms with van der Waals surface area (Å²) >= 11 is 0. The van der Waals surface area contributed by atoms with E-state index in [0.717, 1.165) is 12.1 Å². The van der Waals surface area contributed by atoms with E-state index in [1.807, 2.05) is 0 Å². The van der Waals surface area contributed by atoms with Crippen LogP contribution >= 0.6 is 0 Å². The molecule has 7 heteroatoms. The van der Waals surface area contributed by atoms with Crippen molar-refractivity contribution >= 4 is 15.7 Å². The summed E-state index contributed by atoms with van der Waals surface area (Å²) in [6.45, 7) is 2.47. The van der Waals surface area contributed by atoms with Crippen molar-refractivity contribution in [3.05, 3.63) is 29.8 Å². The lowest BCUT2D eigenvalue weighted by Gasteiger charge is -2.25. The maximum atomic E-state index is 12.2. The summed E-state index contributed by atoms with van der Waals surface area (Å²) in [5, 5.41) is 3.25. The van der Waals surface area contributed by atoms with Crippen LogP contribution in [0.15, 0.2) is 29.2 Å². The lowest BCUT2D eigenvalue weighted by molar-refractivity contribution is -0.131. The van der Waals surface area contributed by atoms with Gasteiger partial charge in [0.25, 0.3) is 0 Å². The molecule has 1 saturated heterocycles. The third-order valence-electron chi connectivity index (χ3n) is 3.62. The average molecular weight is 326 g/mol. The molecular formula is C15H22N2O4S. The maximum Gasteiger partial charge on any atom is 0.224 e. The molecule has 1 aromatic rings. The van der Waals surface area contributed by atoms with Crippen molar-refractivity contribution in [2.24, 2.45) is 0 Å². The number of rotatable bonds is 5. The van der Waals surface area contributed by atoms with Gasteiger partial charge in [-0.15, -0.1) is 0 Å². The van der Waals surface area contributed by atoms with Crippen LogP contribution in [0.1, 0.15) is 12.0 Å². The van der Waals surface area contributed by atoms with E-state index in [1.54, 1.807) is 36.2 Å². The minimum Gasteiger partial charge on any atom is -0.378 e. The van der Waals surface area contributed by atoms with Crippen LogP contribution in [0.4, 0.5) is 0 Å². The zero-order chi connectivity index (χ0) is 16.2. The Morgan fingerprint density at radius 2 is 2.05 bits per heavy atom. The molecule has 1 aromatic carbocycles. The molecular weight excluding hydrogens is 304 g/mol. The first-order chi connectivity index (χ1) is 10.4. The normalized spacial score (nSPS) is 18.9. The molecule has 1 unspecified atom stereocenters. The Balaban J connectivity index is 1.90. The van der Waals surface area contributed by atoms with Gasteiger partial charge in [-0.3, -0.25) is 4.79 Å². The van der Waals surface area contributed by atoms with Crippen LogP contribution in [-0.2, 0) is 25.9 Å². The quantitative estimate of drug-likeness (QED) is 0.849. The van der Waals surface area contributed by atoms with Crippen molar-refractivity contribution in [3.8, 4) is 0 Å². The Hall–Kier alpha value is -1.44. The van der Waals surface area contributed by atoms with Gasteiger partial charge in [0, 0.05) is 38.9 Å². The molecule has 0 aliphatic carbocycles. The molecule has 1 aliphatic rings. The Kier molecular flexibility index (Phi) is 5.55. The summed E-state index contributed by atoms with van der Waals surface area (Å²) < 4.78 is 28.2. The molecule has 6 nitrogen and oxygen atoms in total. The van der Waals surface area contributed by atoms with Gasteiger partial charge < -0.3 is 15.0 Å². The van der Waals surface area contributed by atoms with Gasteiger partial charge in [-0.1, -0.05) is 12.1 Å². The van der Waals surface area contributed by atoms with E-state index < -0.39 is 9.84 Å². The number of nitrogens with zero attached hydrogens (tertiary/aromatic N) is 1. The summed E-state index contributed by atoms with van der Waals surface area (Å²) in [5.41, 5.74) is 0.899. The van der Waals surface area contributed by atoms with E-state index in [0.29, 0.717) is 26.2 Å². The van der Waals surface area contributed by atoms with Crippen LogP contribution < -0.4 is 5.32 Å². The molecule has 0 bridgehead atoms. The highest BCUT2D eigenvalue weighted by molar-refractivity contribution is 7.90. The number of carbonyl (C=O) groups is 1. The van der Waals surface area contributed by atoms with Crippen molar-refractivity contribution in [3.63, 3.8) is 0 Å². The first-order valence-electron chi connectivity index (χ1n) is 7.20. The zero-order valence-corrected chi connectivity index (χ0v) is 13.7. The van der Waals surface area contributed by atoms with Crippen molar-refractivity contribution in [1.29, 1.82) is 0 Å². The zero-order valence-electron chi connectivity index (χ0n) is 12.9. The maximum absolute atomic E-state index is 12.2. The number of hydrogen-bond donors (Lipinski definition) is 1. The van der Waals surface area contributed by atoms with Crippen LogP contribution in [0.3, 0.4) is 0 Å². The number of morpholine rings is 1. The fourth-order valence-electron chi connectivity index (χ4n) is 2.32. The Morgan fingerprint density at radius 1 is 1.36 bits per heavy atom.